The molecule has 3 nitrogen and oxygen atoms in total. The van der Waals surface area contributed by atoms with Gasteiger partial charge in [0.05, 0.1) is 0 Å². The summed E-state index contributed by atoms with van der Waals surface area (Å²) in [5.41, 5.74) is 4.11. The second-order valence-corrected chi connectivity index (χ2v) is 6.37. The van der Waals surface area contributed by atoms with Crippen LogP contribution in [0.3, 0.4) is 0 Å². The van der Waals surface area contributed by atoms with Crippen LogP contribution in [0.5, 0.6) is 0 Å². The number of hydrogen-bond donors (Lipinski definition) is 0. The molecule has 1 aliphatic rings. The molecule has 5 heteroatoms. The molecule has 2 heterocycles. The van der Waals surface area contributed by atoms with E-state index in [0.29, 0.717) is 5.15 Å². The molecule has 2 aromatic rings. The van der Waals surface area contributed by atoms with E-state index in [1.165, 1.54) is 16.8 Å². The van der Waals surface area contributed by atoms with Crippen LogP contribution in [0.1, 0.15) is 11.1 Å². The predicted molar refractivity (Wildman–Crippen MR) is 87.5 cm³/mol. The number of aryl methyl sites for hydroxylation is 1. The molecule has 1 fully saturated rings. The van der Waals surface area contributed by atoms with E-state index in [4.69, 9.17) is 11.6 Å². The topological polar surface area (TPSA) is 19.4 Å². The lowest BCUT2D eigenvalue weighted by Crippen LogP contribution is -2.46. The molecule has 0 atom stereocenters. The minimum absolute atomic E-state index is 0.599. The van der Waals surface area contributed by atoms with Crippen molar-refractivity contribution in [1.29, 1.82) is 0 Å². The van der Waals surface area contributed by atoms with Crippen molar-refractivity contribution >= 4 is 33.8 Å². The molecule has 0 unspecified atom stereocenters. The lowest BCUT2D eigenvalue weighted by molar-refractivity contribution is 0.651. The fourth-order valence-electron chi connectivity index (χ4n) is 2.61. The van der Waals surface area contributed by atoms with Crippen LogP contribution < -0.4 is 9.80 Å². The Labute approximate surface area is 128 Å². The van der Waals surface area contributed by atoms with E-state index in [-0.39, 0.29) is 0 Å². The fraction of sp³-hybridized carbons (Fsp3) is 0.400. The number of halogens is 1. The Kier molecular flexibility index (Phi) is 3.85. The summed E-state index contributed by atoms with van der Waals surface area (Å²) < 4.78 is 0. The van der Waals surface area contributed by atoms with Crippen molar-refractivity contribution in [3.63, 3.8) is 0 Å². The highest BCUT2D eigenvalue weighted by atomic mass is 35.5. The van der Waals surface area contributed by atoms with Crippen molar-refractivity contribution < 1.29 is 0 Å². The monoisotopic (exact) mass is 307 g/mol. The third-order valence-corrected chi connectivity index (χ3v) is 5.16. The number of hydrogen-bond acceptors (Lipinski definition) is 4. The van der Waals surface area contributed by atoms with E-state index in [1.54, 1.807) is 11.3 Å². The van der Waals surface area contributed by atoms with Crippen molar-refractivity contribution in [1.82, 2.24) is 4.98 Å². The average Bonchev–Trinajstić information content (AvgIpc) is 2.89. The summed E-state index contributed by atoms with van der Waals surface area (Å²) >= 11 is 7.53. The lowest BCUT2D eigenvalue weighted by Gasteiger charge is -2.36. The molecule has 3 rings (SSSR count). The van der Waals surface area contributed by atoms with Gasteiger partial charge in [0.25, 0.3) is 0 Å². The number of rotatable bonds is 2. The normalized spacial score (nSPS) is 15.8. The standard InChI is InChI=1S/C15H18ClN3S/c1-11-4-3-5-13(12(11)2)18-6-8-19(9-7-18)15-17-14(16)10-20-15/h3-5,10H,6-9H2,1-2H3. The zero-order valence-electron chi connectivity index (χ0n) is 11.8. The molecule has 0 saturated carbocycles. The maximum Gasteiger partial charge on any atom is 0.186 e. The van der Waals surface area contributed by atoms with Gasteiger partial charge in [0.1, 0.15) is 5.15 Å². The van der Waals surface area contributed by atoms with Gasteiger partial charge in [-0.25, -0.2) is 4.98 Å². The van der Waals surface area contributed by atoms with Crippen molar-refractivity contribution in [2.75, 3.05) is 36.0 Å². The number of piperazine rings is 1. The molecule has 1 saturated heterocycles. The van der Waals surface area contributed by atoms with Crippen LogP contribution in [0, 0.1) is 13.8 Å². The number of anilines is 2. The molecule has 1 aliphatic heterocycles. The first-order chi connectivity index (χ1) is 9.65. The molecule has 0 amide bonds. The minimum atomic E-state index is 0.599. The maximum atomic E-state index is 5.90. The Morgan fingerprint density at radius 3 is 2.45 bits per heavy atom. The van der Waals surface area contributed by atoms with Crippen LogP contribution in [0.4, 0.5) is 10.8 Å². The zero-order chi connectivity index (χ0) is 14.1. The van der Waals surface area contributed by atoms with Gasteiger partial charge < -0.3 is 9.80 Å². The van der Waals surface area contributed by atoms with E-state index >= 15 is 0 Å². The van der Waals surface area contributed by atoms with E-state index < -0.39 is 0 Å². The van der Waals surface area contributed by atoms with Crippen LogP contribution in [0.15, 0.2) is 23.6 Å². The van der Waals surface area contributed by atoms with Gasteiger partial charge in [0.2, 0.25) is 0 Å². The minimum Gasteiger partial charge on any atom is -0.368 e. The summed E-state index contributed by atoms with van der Waals surface area (Å²) in [5.74, 6) is 0. The van der Waals surface area contributed by atoms with Gasteiger partial charge in [0.15, 0.2) is 5.13 Å². The first-order valence-electron chi connectivity index (χ1n) is 6.82. The second kappa shape index (κ2) is 5.62. The Hall–Kier alpha value is -1.26. The Morgan fingerprint density at radius 2 is 1.80 bits per heavy atom. The molecule has 1 aromatic heterocycles. The Bertz CT molecular complexity index is 603. The first-order valence-corrected chi connectivity index (χ1v) is 8.08. The zero-order valence-corrected chi connectivity index (χ0v) is 13.3. The van der Waals surface area contributed by atoms with Gasteiger partial charge in [-0.3, -0.25) is 0 Å². The maximum absolute atomic E-state index is 5.90. The Balaban J connectivity index is 1.71. The third kappa shape index (κ3) is 2.63. The molecule has 106 valence electrons. The lowest BCUT2D eigenvalue weighted by atomic mass is 10.1. The molecular weight excluding hydrogens is 290 g/mol. The summed E-state index contributed by atoms with van der Waals surface area (Å²) in [6.07, 6.45) is 0. The van der Waals surface area contributed by atoms with Gasteiger partial charge >= 0.3 is 0 Å². The van der Waals surface area contributed by atoms with Crippen molar-refractivity contribution in [2.24, 2.45) is 0 Å². The molecule has 0 N–H and O–H groups in total. The average molecular weight is 308 g/mol. The Morgan fingerprint density at radius 1 is 1.10 bits per heavy atom. The summed E-state index contributed by atoms with van der Waals surface area (Å²) in [6, 6.07) is 6.54. The van der Waals surface area contributed by atoms with Crippen molar-refractivity contribution in [2.45, 2.75) is 13.8 Å². The summed E-state index contributed by atoms with van der Waals surface area (Å²) in [5, 5.41) is 3.53. The summed E-state index contributed by atoms with van der Waals surface area (Å²) in [4.78, 5) is 9.14. The largest absolute Gasteiger partial charge is 0.368 e. The number of nitrogens with zero attached hydrogens (tertiary/aromatic N) is 3. The molecule has 0 aliphatic carbocycles. The van der Waals surface area contributed by atoms with Crippen LogP contribution in [-0.4, -0.2) is 31.2 Å². The highest BCUT2D eigenvalue weighted by Crippen LogP contribution is 2.27. The number of benzene rings is 1. The highest BCUT2D eigenvalue weighted by Gasteiger charge is 2.20. The van der Waals surface area contributed by atoms with E-state index in [1.807, 2.05) is 5.38 Å². The quantitative estimate of drug-likeness (QED) is 0.842. The van der Waals surface area contributed by atoms with Crippen molar-refractivity contribution in [3.8, 4) is 0 Å². The van der Waals surface area contributed by atoms with E-state index in [0.717, 1.165) is 31.3 Å². The molecule has 0 radical (unpaired) electrons. The highest BCUT2D eigenvalue weighted by molar-refractivity contribution is 7.14. The predicted octanol–water partition coefficient (Wildman–Crippen LogP) is 3.74. The van der Waals surface area contributed by atoms with Crippen LogP contribution >= 0.6 is 22.9 Å². The number of thiazole rings is 1. The second-order valence-electron chi connectivity index (χ2n) is 5.15. The van der Waals surface area contributed by atoms with Crippen LogP contribution in [0.25, 0.3) is 0 Å². The van der Waals surface area contributed by atoms with E-state index in [2.05, 4.69) is 46.8 Å². The van der Waals surface area contributed by atoms with Crippen LogP contribution in [0.2, 0.25) is 5.15 Å². The molecule has 0 bridgehead atoms. The molecule has 0 spiro atoms. The third-order valence-electron chi connectivity index (χ3n) is 3.93. The molecule has 20 heavy (non-hydrogen) atoms. The fourth-order valence-corrected chi connectivity index (χ4v) is 3.61. The molecular formula is C15H18ClN3S. The van der Waals surface area contributed by atoms with Crippen molar-refractivity contribution in [3.05, 3.63) is 39.9 Å². The van der Waals surface area contributed by atoms with Gasteiger partial charge in [0, 0.05) is 37.2 Å². The van der Waals surface area contributed by atoms with Gasteiger partial charge in [-0.15, -0.1) is 11.3 Å². The van der Waals surface area contributed by atoms with E-state index in [9.17, 15) is 0 Å². The van der Waals surface area contributed by atoms with Gasteiger partial charge in [-0.2, -0.15) is 0 Å². The first kappa shape index (κ1) is 13.7. The molecule has 1 aromatic carbocycles. The smallest absolute Gasteiger partial charge is 0.186 e. The van der Waals surface area contributed by atoms with Crippen LogP contribution in [-0.2, 0) is 0 Å². The summed E-state index contributed by atoms with van der Waals surface area (Å²) in [6.45, 7) is 8.43. The summed E-state index contributed by atoms with van der Waals surface area (Å²) in [7, 11) is 0. The van der Waals surface area contributed by atoms with Gasteiger partial charge in [-0.1, -0.05) is 23.7 Å². The number of aromatic nitrogens is 1. The van der Waals surface area contributed by atoms with Gasteiger partial charge in [-0.05, 0) is 31.0 Å². The SMILES string of the molecule is Cc1cccc(N2CCN(c3nc(Cl)cs3)CC2)c1C.